The molecule has 0 radical (unpaired) electrons. The zero-order valence-electron chi connectivity index (χ0n) is 10.0. The van der Waals surface area contributed by atoms with Gasteiger partial charge in [0.05, 0.1) is 6.72 Å². The maximum absolute atomic E-state index is 13.9. The minimum absolute atomic E-state index is 0.0286. The van der Waals surface area contributed by atoms with Crippen molar-refractivity contribution in [2.24, 2.45) is 5.10 Å². The lowest BCUT2D eigenvalue weighted by molar-refractivity contribution is -0.827. The third-order valence-corrected chi connectivity index (χ3v) is 2.80. The van der Waals surface area contributed by atoms with E-state index in [2.05, 4.69) is 10.4 Å². The highest BCUT2D eigenvalue weighted by atomic mass is 35.5. The Morgan fingerprint density at radius 3 is 3.00 bits per heavy atom. The summed E-state index contributed by atoms with van der Waals surface area (Å²) in [7, 11) is 0. The van der Waals surface area contributed by atoms with E-state index in [1.807, 2.05) is 0 Å². The van der Waals surface area contributed by atoms with E-state index in [1.54, 1.807) is 0 Å². The summed E-state index contributed by atoms with van der Waals surface area (Å²) in [5.74, 6) is -0.697. The Labute approximate surface area is 103 Å². The third kappa shape index (κ3) is 1.87. The van der Waals surface area contributed by atoms with Gasteiger partial charge in [-0.3, -0.25) is 5.32 Å². The number of allylic oxidation sites excluding steroid dienone is 3. The number of amides is 2. The molecule has 2 rings (SSSR count). The molecule has 2 amide bonds. The molecule has 0 aromatic heterocycles. The number of amidine groups is 1. The van der Waals surface area contributed by atoms with Gasteiger partial charge in [-0.2, -0.15) is 4.39 Å². The number of nitrogens with one attached hydrogen (secondary N) is 1. The molecule has 0 spiro atoms. The zero-order valence-corrected chi connectivity index (χ0v) is 9.76. The summed E-state index contributed by atoms with van der Waals surface area (Å²) in [5.41, 5.74) is -0.227. The number of hydrogen-bond donors (Lipinski definition) is 1. The Bertz CT molecular complexity index is 503. The molecule has 2 atom stereocenters. The molecule has 1 aliphatic carbocycles. The van der Waals surface area contributed by atoms with Crippen molar-refractivity contribution in [1.29, 1.82) is 0 Å². The van der Waals surface area contributed by atoms with Gasteiger partial charge >= 0.3 is 6.03 Å². The van der Waals surface area contributed by atoms with Crippen LogP contribution in [0.3, 0.4) is 0 Å². The lowest BCUT2D eigenvalue weighted by atomic mass is 10.1. The van der Waals surface area contributed by atoms with E-state index in [0.29, 0.717) is 0 Å². The van der Waals surface area contributed by atoms with Crippen LogP contribution in [0.2, 0.25) is 0 Å². The maximum Gasteiger partial charge on any atom is 0.456 e. The summed E-state index contributed by atoms with van der Waals surface area (Å²) < 4.78 is 33.5. The van der Waals surface area contributed by atoms with Gasteiger partial charge in [0.1, 0.15) is 0 Å². The van der Waals surface area contributed by atoms with Crippen molar-refractivity contribution in [2.75, 3.05) is 6.80 Å². The van der Waals surface area contributed by atoms with E-state index < -0.39 is 28.6 Å². The molecule has 17 heavy (non-hydrogen) atoms. The lowest BCUT2D eigenvalue weighted by Crippen LogP contribution is -2.47. The number of hydrogen-bond acceptors (Lipinski definition) is 2. The molecule has 1 aliphatic heterocycles. The van der Waals surface area contributed by atoms with Crippen LogP contribution in [0.25, 0.3) is 0 Å². The minimum atomic E-state index is -1.61. The topological polar surface area (TPSA) is 41.5 Å². The summed E-state index contributed by atoms with van der Waals surface area (Å²) in [6.45, 7) is 0.276. The first kappa shape index (κ1) is 10.9. The molecule has 0 saturated heterocycles. The van der Waals surface area contributed by atoms with E-state index in [4.69, 9.17) is 13.0 Å². The van der Waals surface area contributed by atoms with E-state index in [1.165, 1.54) is 13.0 Å². The van der Waals surface area contributed by atoms with Crippen LogP contribution < -0.4 is 5.32 Å². The van der Waals surface area contributed by atoms with Gasteiger partial charge in [-0.05, 0) is 25.5 Å². The number of rotatable bonds is 2. The molecule has 1 heterocycles. The first-order valence-corrected chi connectivity index (χ1v) is 5.29. The smallest absolute Gasteiger partial charge is 0.256 e. The largest absolute Gasteiger partial charge is 0.456 e. The lowest BCUT2D eigenvalue weighted by Gasteiger charge is -2.24. The van der Waals surface area contributed by atoms with Crippen molar-refractivity contribution in [2.45, 2.75) is 18.7 Å². The minimum Gasteiger partial charge on any atom is -0.256 e. The van der Waals surface area contributed by atoms with E-state index in [-0.39, 0.29) is 18.0 Å². The van der Waals surface area contributed by atoms with E-state index in [9.17, 15) is 13.6 Å². The van der Waals surface area contributed by atoms with Gasteiger partial charge in [0.15, 0.2) is 11.7 Å². The van der Waals surface area contributed by atoms with Gasteiger partial charge < -0.3 is 0 Å². The maximum atomic E-state index is 13.9. The third-order valence-electron chi connectivity index (χ3n) is 2.53. The molecule has 0 aromatic carbocycles. The van der Waals surface area contributed by atoms with Crippen LogP contribution in [0.1, 0.15) is 14.7 Å². The fourth-order valence-corrected chi connectivity index (χ4v) is 1.95. The monoisotopic (exact) mass is 263 g/mol. The second-order valence-electron chi connectivity index (χ2n) is 3.74. The number of halogens is 3. The second-order valence-corrected chi connectivity index (χ2v) is 4.22. The van der Waals surface area contributed by atoms with Gasteiger partial charge in [-0.15, -0.1) is 11.6 Å². The SMILES string of the molecule is [2H]C1(Cl)C=C(F)C([N+]2(CF)N=C(C)NC2=O)=CC1. The van der Waals surface area contributed by atoms with Crippen molar-refractivity contribution in [3.8, 4) is 0 Å². The van der Waals surface area contributed by atoms with Crippen molar-refractivity contribution in [3.05, 3.63) is 23.7 Å². The normalized spacial score (nSPS) is 38.0. The van der Waals surface area contributed by atoms with E-state index in [0.717, 1.165) is 6.08 Å². The summed E-state index contributed by atoms with van der Waals surface area (Å²) in [5, 5.41) is 4.52. The quantitative estimate of drug-likeness (QED) is 0.464. The molecule has 4 nitrogen and oxygen atoms in total. The fraction of sp³-hybridized carbons (Fsp3) is 0.400. The molecular formula is C10H11ClF2N3O+. The molecule has 0 saturated carbocycles. The fourth-order valence-electron chi connectivity index (χ4n) is 1.77. The number of carbonyl (C=O) groups is 1. The number of carbonyl (C=O) groups excluding carboxylic acids is 1. The Morgan fingerprint density at radius 1 is 1.82 bits per heavy atom. The summed E-state index contributed by atoms with van der Waals surface area (Å²) in [6, 6.07) is -0.767. The number of urea groups is 1. The molecular weight excluding hydrogens is 252 g/mol. The van der Waals surface area contributed by atoms with Crippen LogP contribution in [0.15, 0.2) is 28.8 Å². The van der Waals surface area contributed by atoms with Gasteiger partial charge in [-0.25, -0.2) is 9.18 Å². The molecule has 0 aromatic rings. The highest BCUT2D eigenvalue weighted by Crippen LogP contribution is 2.34. The van der Waals surface area contributed by atoms with Crippen LogP contribution >= 0.6 is 11.6 Å². The predicted octanol–water partition coefficient (Wildman–Crippen LogP) is 2.54. The van der Waals surface area contributed by atoms with Crippen LogP contribution in [0.4, 0.5) is 13.6 Å². The molecule has 0 bridgehead atoms. The summed E-state index contributed by atoms with van der Waals surface area (Å²) >= 11 is 5.66. The number of nitrogens with zero attached hydrogens (tertiary/aromatic N) is 2. The molecule has 0 fully saturated rings. The van der Waals surface area contributed by atoms with Crippen LogP contribution in [0, 0.1) is 0 Å². The Morgan fingerprint density at radius 2 is 2.53 bits per heavy atom. The van der Waals surface area contributed by atoms with Crippen LogP contribution in [-0.2, 0) is 0 Å². The Kier molecular flexibility index (Phi) is 2.68. The Balaban J connectivity index is 2.46. The predicted molar refractivity (Wildman–Crippen MR) is 59.4 cm³/mol. The molecule has 2 aliphatic rings. The van der Waals surface area contributed by atoms with Crippen molar-refractivity contribution in [3.63, 3.8) is 0 Å². The molecule has 1 N–H and O–H groups in total. The highest BCUT2D eigenvalue weighted by Gasteiger charge is 2.50. The zero-order chi connectivity index (χ0) is 13.6. The van der Waals surface area contributed by atoms with Crippen LogP contribution in [-0.4, -0.2) is 28.6 Å². The van der Waals surface area contributed by atoms with Crippen molar-refractivity contribution in [1.82, 2.24) is 5.32 Å². The van der Waals surface area contributed by atoms with E-state index >= 15 is 0 Å². The van der Waals surface area contributed by atoms with Crippen LogP contribution in [0.5, 0.6) is 0 Å². The van der Waals surface area contributed by atoms with Gasteiger partial charge in [-0.1, -0.05) is 9.69 Å². The van der Waals surface area contributed by atoms with Crippen molar-refractivity contribution >= 4 is 23.5 Å². The van der Waals surface area contributed by atoms with Gasteiger partial charge in [0, 0.05) is 0 Å². The average molecular weight is 264 g/mol. The molecule has 7 heteroatoms. The number of quaternary nitrogens is 1. The second kappa shape index (κ2) is 4.19. The van der Waals surface area contributed by atoms with Crippen molar-refractivity contribution < 1.29 is 19.5 Å². The highest BCUT2D eigenvalue weighted by molar-refractivity contribution is 6.22. The van der Waals surface area contributed by atoms with Gasteiger partial charge in [0.2, 0.25) is 5.70 Å². The first-order valence-electron chi connectivity index (χ1n) is 5.41. The first-order chi connectivity index (χ1) is 8.31. The molecule has 92 valence electrons. The number of alkyl halides is 2. The average Bonchev–Trinajstić information content (AvgIpc) is 2.53. The van der Waals surface area contributed by atoms with Gasteiger partial charge in [0.25, 0.3) is 6.80 Å². The Hall–Kier alpha value is -1.27. The standard InChI is InChI=1S/C10H10ClF2N3O/c1-6-14-10(17)16(5-12,15-6)9-3-2-7(11)4-8(9)13/h3-4,7H,2,5H2,1H3/p+1/i7D. The summed E-state index contributed by atoms with van der Waals surface area (Å²) in [6.07, 6.45) is 2.05. The summed E-state index contributed by atoms with van der Waals surface area (Å²) in [4.78, 5) is 11.7. The molecule has 2 unspecified atom stereocenters.